The number of alkyl halides is 3. The normalized spacial score (nSPS) is 17.2. The number of para-hydroxylation sites is 1. The number of carboxylic acid groups (broad SMARTS) is 1. The van der Waals surface area contributed by atoms with Crippen LogP contribution in [0.4, 0.5) is 13.2 Å². The largest absolute Gasteiger partial charge is 0.490 e. The SMILES string of the molecule is CN(C)C1CCN(C(=O)c2cc3c(c4ccccc4n3CC3CC3)n2C)CC1.O=C(O)C(F)(F)F. The topological polar surface area (TPSA) is 70.7 Å². The standard InChI is InChI=1S/C23H30N4O.C2HF3O2/c1-24(2)17-10-12-26(13-11-17)23(28)21-14-20-22(25(21)3)18-6-4-5-7-19(18)27(20)15-16-8-9-16;3-2(4,5)1(6)7/h4-7,14,16-17H,8-13,15H2,1-3H3;(H,6,7). The van der Waals surface area contributed by atoms with Crippen LogP contribution in [-0.4, -0.2) is 75.3 Å². The Morgan fingerprint density at radius 2 is 1.66 bits per heavy atom. The van der Waals surface area contributed by atoms with E-state index < -0.39 is 12.1 Å². The maximum Gasteiger partial charge on any atom is 0.490 e. The van der Waals surface area contributed by atoms with Gasteiger partial charge >= 0.3 is 12.1 Å². The Morgan fingerprint density at radius 1 is 1.06 bits per heavy atom. The summed E-state index contributed by atoms with van der Waals surface area (Å²) in [6, 6.07) is 11.3. The first-order valence-corrected chi connectivity index (χ1v) is 11.8. The first-order chi connectivity index (χ1) is 16.5. The van der Waals surface area contributed by atoms with Crippen LogP contribution in [0.5, 0.6) is 0 Å². The number of carboxylic acids is 1. The molecule has 3 heterocycles. The summed E-state index contributed by atoms with van der Waals surface area (Å²) in [5, 5.41) is 8.38. The van der Waals surface area contributed by atoms with Gasteiger partial charge in [0, 0.05) is 38.1 Å². The van der Waals surface area contributed by atoms with E-state index in [1.807, 2.05) is 4.90 Å². The zero-order chi connectivity index (χ0) is 25.5. The number of nitrogens with zero attached hydrogens (tertiary/aromatic N) is 4. The third kappa shape index (κ3) is 5.17. The number of carbonyl (C=O) groups is 2. The average Bonchev–Trinajstić information content (AvgIpc) is 3.50. The van der Waals surface area contributed by atoms with Crippen molar-refractivity contribution in [2.75, 3.05) is 27.2 Å². The lowest BCUT2D eigenvalue weighted by atomic mass is 10.0. The Morgan fingerprint density at radius 3 is 2.20 bits per heavy atom. The molecule has 1 amide bonds. The fraction of sp³-hybridized carbons (Fsp3) is 0.520. The number of halogens is 3. The van der Waals surface area contributed by atoms with Crippen LogP contribution in [0.25, 0.3) is 21.9 Å². The number of piperidine rings is 1. The van der Waals surface area contributed by atoms with E-state index in [2.05, 4.69) is 65.5 Å². The molecule has 0 spiro atoms. The highest BCUT2D eigenvalue weighted by Gasteiger charge is 2.38. The van der Waals surface area contributed by atoms with Crippen LogP contribution in [0.2, 0.25) is 0 Å². The Hall–Kier alpha value is -3.01. The van der Waals surface area contributed by atoms with E-state index in [0.717, 1.165) is 44.1 Å². The lowest BCUT2D eigenvalue weighted by molar-refractivity contribution is -0.192. The van der Waals surface area contributed by atoms with Gasteiger partial charge < -0.3 is 24.0 Å². The molecule has 2 aliphatic rings. The number of hydrogen-bond acceptors (Lipinski definition) is 3. The number of hydrogen-bond donors (Lipinski definition) is 1. The van der Waals surface area contributed by atoms with E-state index in [1.54, 1.807) is 0 Å². The summed E-state index contributed by atoms with van der Waals surface area (Å²) in [7, 11) is 6.32. The van der Waals surface area contributed by atoms with Crippen molar-refractivity contribution in [1.29, 1.82) is 0 Å². The van der Waals surface area contributed by atoms with Gasteiger partial charge in [-0.05, 0) is 57.8 Å². The number of benzene rings is 1. The molecule has 0 unspecified atom stereocenters. The van der Waals surface area contributed by atoms with Crippen LogP contribution in [-0.2, 0) is 18.4 Å². The van der Waals surface area contributed by atoms with Crippen LogP contribution in [0.3, 0.4) is 0 Å². The quantitative estimate of drug-likeness (QED) is 0.588. The second-order valence-corrected chi connectivity index (χ2v) is 9.68. The first kappa shape index (κ1) is 25.1. The third-order valence-electron chi connectivity index (χ3n) is 7.03. The Bertz CT molecular complexity index is 1230. The minimum Gasteiger partial charge on any atom is -0.475 e. The maximum absolute atomic E-state index is 13.3. The zero-order valence-electron chi connectivity index (χ0n) is 20.2. The molecule has 1 aromatic carbocycles. The molecule has 1 saturated carbocycles. The molecule has 0 atom stereocenters. The monoisotopic (exact) mass is 492 g/mol. The molecule has 10 heteroatoms. The van der Waals surface area contributed by atoms with Crippen LogP contribution in [0, 0.1) is 5.92 Å². The highest BCUT2D eigenvalue weighted by Crippen LogP contribution is 2.37. The smallest absolute Gasteiger partial charge is 0.475 e. The van der Waals surface area contributed by atoms with Crippen LogP contribution in [0.1, 0.15) is 36.2 Å². The minimum absolute atomic E-state index is 0.179. The average molecular weight is 493 g/mol. The molecule has 3 aromatic rings. The molecular weight excluding hydrogens is 461 g/mol. The fourth-order valence-corrected chi connectivity index (χ4v) is 4.86. The molecule has 2 aromatic heterocycles. The number of amides is 1. The molecule has 1 aliphatic heterocycles. The molecule has 0 radical (unpaired) electrons. The van der Waals surface area contributed by atoms with Gasteiger partial charge in [-0.2, -0.15) is 13.2 Å². The summed E-state index contributed by atoms with van der Waals surface area (Å²) < 4.78 is 36.3. The molecule has 1 saturated heterocycles. The summed E-state index contributed by atoms with van der Waals surface area (Å²) in [6.07, 6.45) is -0.320. The van der Waals surface area contributed by atoms with Gasteiger partial charge in [-0.3, -0.25) is 4.79 Å². The zero-order valence-corrected chi connectivity index (χ0v) is 20.2. The van der Waals surface area contributed by atoms with E-state index in [-0.39, 0.29) is 5.91 Å². The predicted molar refractivity (Wildman–Crippen MR) is 127 cm³/mol. The summed E-state index contributed by atoms with van der Waals surface area (Å²) in [4.78, 5) is 26.6. The third-order valence-corrected chi connectivity index (χ3v) is 7.03. The highest BCUT2D eigenvalue weighted by molar-refractivity contribution is 6.10. The lowest BCUT2D eigenvalue weighted by Crippen LogP contribution is -2.44. The number of carbonyl (C=O) groups excluding carboxylic acids is 1. The molecule has 1 N–H and O–H groups in total. The molecule has 0 bridgehead atoms. The number of fused-ring (bicyclic) bond motifs is 3. The van der Waals surface area contributed by atoms with Gasteiger partial charge in [0.15, 0.2) is 0 Å². The van der Waals surface area contributed by atoms with Crippen molar-refractivity contribution < 1.29 is 27.9 Å². The number of aliphatic carboxylic acids is 1. The summed E-state index contributed by atoms with van der Waals surface area (Å²) in [5.74, 6) is -1.78. The number of likely N-dealkylation sites (tertiary alicyclic amines) is 1. The van der Waals surface area contributed by atoms with Gasteiger partial charge in [0.1, 0.15) is 5.69 Å². The van der Waals surface area contributed by atoms with Crippen molar-refractivity contribution in [1.82, 2.24) is 18.9 Å². The van der Waals surface area contributed by atoms with Gasteiger partial charge in [-0.15, -0.1) is 0 Å². The minimum atomic E-state index is -5.08. The summed E-state index contributed by atoms with van der Waals surface area (Å²) in [5.41, 5.74) is 4.52. The van der Waals surface area contributed by atoms with E-state index in [9.17, 15) is 18.0 Å². The van der Waals surface area contributed by atoms with E-state index >= 15 is 0 Å². The second-order valence-electron chi connectivity index (χ2n) is 9.68. The van der Waals surface area contributed by atoms with Crippen molar-refractivity contribution >= 4 is 33.8 Å². The Kier molecular flexibility index (Phi) is 6.86. The molecule has 35 heavy (non-hydrogen) atoms. The van der Waals surface area contributed by atoms with E-state index in [0.29, 0.717) is 6.04 Å². The van der Waals surface area contributed by atoms with Crippen LogP contribution >= 0.6 is 0 Å². The van der Waals surface area contributed by atoms with Gasteiger partial charge in [-0.1, -0.05) is 18.2 Å². The molecule has 2 fully saturated rings. The van der Waals surface area contributed by atoms with Crippen molar-refractivity contribution in [2.45, 2.75) is 44.4 Å². The predicted octanol–water partition coefficient (Wildman–Crippen LogP) is 4.34. The van der Waals surface area contributed by atoms with Crippen molar-refractivity contribution in [3.8, 4) is 0 Å². The van der Waals surface area contributed by atoms with Crippen LogP contribution in [0.15, 0.2) is 30.3 Å². The molecular formula is C25H31F3N4O3. The molecule has 1 aliphatic carbocycles. The Labute approximate surface area is 201 Å². The maximum atomic E-state index is 13.3. The van der Waals surface area contributed by atoms with Gasteiger partial charge in [0.2, 0.25) is 0 Å². The number of aromatic nitrogens is 2. The number of aryl methyl sites for hydroxylation is 1. The lowest BCUT2D eigenvalue weighted by Gasteiger charge is -2.35. The van der Waals surface area contributed by atoms with Gasteiger partial charge in [-0.25, -0.2) is 4.79 Å². The second kappa shape index (κ2) is 9.56. The van der Waals surface area contributed by atoms with Gasteiger partial charge in [0.05, 0.1) is 16.6 Å². The van der Waals surface area contributed by atoms with Crippen molar-refractivity contribution in [3.05, 3.63) is 36.0 Å². The first-order valence-electron chi connectivity index (χ1n) is 11.8. The van der Waals surface area contributed by atoms with Gasteiger partial charge in [0.25, 0.3) is 5.91 Å². The number of rotatable bonds is 4. The van der Waals surface area contributed by atoms with E-state index in [4.69, 9.17) is 9.90 Å². The Balaban J connectivity index is 0.000000364. The van der Waals surface area contributed by atoms with Crippen molar-refractivity contribution in [3.63, 3.8) is 0 Å². The fourth-order valence-electron chi connectivity index (χ4n) is 4.86. The summed E-state index contributed by atoms with van der Waals surface area (Å²) >= 11 is 0. The summed E-state index contributed by atoms with van der Waals surface area (Å²) in [6.45, 7) is 2.76. The van der Waals surface area contributed by atoms with Crippen molar-refractivity contribution in [2.24, 2.45) is 13.0 Å². The molecule has 5 rings (SSSR count). The van der Waals surface area contributed by atoms with Crippen LogP contribution < -0.4 is 0 Å². The molecule has 190 valence electrons. The molecule has 7 nitrogen and oxygen atoms in total. The highest BCUT2D eigenvalue weighted by atomic mass is 19.4. The van der Waals surface area contributed by atoms with E-state index in [1.165, 1.54) is 34.8 Å².